The number of nitrogens with one attached hydrogen (secondary N) is 2. The number of esters is 1. The Morgan fingerprint density at radius 2 is 2.00 bits per heavy atom. The third kappa shape index (κ3) is 7.77. The van der Waals surface area contributed by atoms with Crippen LogP contribution in [0.1, 0.15) is 59.3 Å². The molecule has 1 fully saturated rings. The average molecular weight is 342 g/mol. The number of carbonyl (C=O) groups is 3. The highest BCUT2D eigenvalue weighted by Gasteiger charge is 2.29. The minimum atomic E-state index is -0.582. The molecule has 0 bridgehead atoms. The maximum absolute atomic E-state index is 11.7. The maximum Gasteiger partial charge on any atom is 0.408 e. The van der Waals surface area contributed by atoms with Crippen LogP contribution in [0.15, 0.2) is 0 Å². The lowest BCUT2D eigenvalue weighted by atomic mass is 10.0. The topological polar surface area (TPSA) is 93.7 Å². The van der Waals surface area contributed by atoms with Crippen LogP contribution in [-0.2, 0) is 19.1 Å². The van der Waals surface area contributed by atoms with Crippen LogP contribution in [0.4, 0.5) is 4.79 Å². The predicted octanol–water partition coefficient (Wildman–Crippen LogP) is 1.93. The number of ether oxygens (including phenoxy) is 2. The molecule has 0 aliphatic carbocycles. The number of carbonyl (C=O) groups excluding carboxylic acids is 3. The summed E-state index contributed by atoms with van der Waals surface area (Å²) in [6, 6.07) is -0.418. The van der Waals surface area contributed by atoms with Gasteiger partial charge in [0.2, 0.25) is 0 Å². The van der Waals surface area contributed by atoms with Gasteiger partial charge < -0.3 is 24.9 Å². The molecule has 1 saturated heterocycles. The molecule has 0 aromatic heterocycles. The van der Waals surface area contributed by atoms with Crippen molar-refractivity contribution in [2.75, 3.05) is 7.11 Å². The lowest BCUT2D eigenvalue weighted by Crippen LogP contribution is -2.40. The van der Waals surface area contributed by atoms with Crippen LogP contribution in [0, 0.1) is 0 Å². The highest BCUT2D eigenvalue weighted by atomic mass is 16.6. The Morgan fingerprint density at radius 3 is 2.58 bits per heavy atom. The van der Waals surface area contributed by atoms with E-state index in [0.29, 0.717) is 12.5 Å². The zero-order valence-corrected chi connectivity index (χ0v) is 15.1. The third-order valence-electron chi connectivity index (χ3n) is 3.91. The first kappa shape index (κ1) is 20.4. The van der Waals surface area contributed by atoms with E-state index >= 15 is 0 Å². The zero-order valence-electron chi connectivity index (χ0n) is 15.1. The van der Waals surface area contributed by atoms with Crippen LogP contribution < -0.4 is 10.6 Å². The molecule has 3 atom stereocenters. The van der Waals surface area contributed by atoms with Gasteiger partial charge in [-0.05, 0) is 46.5 Å². The quantitative estimate of drug-likeness (QED) is 0.398. The van der Waals surface area contributed by atoms with E-state index in [1.165, 1.54) is 7.11 Å². The van der Waals surface area contributed by atoms with Gasteiger partial charge in [-0.2, -0.15) is 0 Å². The summed E-state index contributed by atoms with van der Waals surface area (Å²) >= 11 is 0. The summed E-state index contributed by atoms with van der Waals surface area (Å²) in [7, 11) is 1.40. The highest BCUT2D eigenvalue weighted by molar-refractivity contribution is 5.76. The number of hydrogen-bond acceptors (Lipinski definition) is 6. The van der Waals surface area contributed by atoms with Crippen LogP contribution >= 0.6 is 0 Å². The number of aldehydes is 1. The summed E-state index contributed by atoms with van der Waals surface area (Å²) in [4.78, 5) is 34.2. The second kappa shape index (κ2) is 9.61. The molecule has 0 aromatic rings. The van der Waals surface area contributed by atoms with Gasteiger partial charge in [0, 0.05) is 6.04 Å². The first-order valence-electron chi connectivity index (χ1n) is 8.54. The Balaban J connectivity index is 2.20. The standard InChI is InChI=1S/C17H30N2O5/c1-17(2,3)24-16(22)19-13(11-20)8-6-5-7-12-9-10-14(18-12)15(21)23-4/h11-14,18H,5-10H2,1-4H3,(H,19,22). The van der Waals surface area contributed by atoms with E-state index < -0.39 is 17.7 Å². The van der Waals surface area contributed by atoms with E-state index in [9.17, 15) is 14.4 Å². The molecule has 1 rings (SSSR count). The predicted molar refractivity (Wildman–Crippen MR) is 89.7 cm³/mol. The zero-order chi connectivity index (χ0) is 18.2. The lowest BCUT2D eigenvalue weighted by Gasteiger charge is -2.21. The second-order valence-corrected chi connectivity index (χ2v) is 7.19. The van der Waals surface area contributed by atoms with Crippen molar-refractivity contribution >= 4 is 18.3 Å². The number of rotatable bonds is 8. The molecular weight excluding hydrogens is 312 g/mol. The minimum absolute atomic E-state index is 0.198. The lowest BCUT2D eigenvalue weighted by molar-refractivity contribution is -0.142. The van der Waals surface area contributed by atoms with E-state index in [4.69, 9.17) is 9.47 Å². The van der Waals surface area contributed by atoms with E-state index in [-0.39, 0.29) is 12.0 Å². The van der Waals surface area contributed by atoms with Crippen molar-refractivity contribution in [2.45, 2.75) is 83.0 Å². The summed E-state index contributed by atoms with van der Waals surface area (Å²) in [5.74, 6) is -0.208. The first-order chi connectivity index (χ1) is 11.2. The summed E-state index contributed by atoms with van der Waals surface area (Å²) in [6.45, 7) is 5.33. The molecule has 0 radical (unpaired) electrons. The van der Waals surface area contributed by atoms with Crippen molar-refractivity contribution in [3.05, 3.63) is 0 Å². The molecule has 24 heavy (non-hydrogen) atoms. The van der Waals surface area contributed by atoms with Crippen molar-refractivity contribution in [3.8, 4) is 0 Å². The van der Waals surface area contributed by atoms with Gasteiger partial charge in [-0.1, -0.05) is 12.8 Å². The molecule has 0 aromatic carbocycles. The van der Waals surface area contributed by atoms with E-state index in [1.807, 2.05) is 0 Å². The Hall–Kier alpha value is -1.63. The molecule has 0 spiro atoms. The van der Waals surface area contributed by atoms with Gasteiger partial charge >= 0.3 is 12.1 Å². The smallest absolute Gasteiger partial charge is 0.408 e. The molecular formula is C17H30N2O5. The van der Waals surface area contributed by atoms with Crippen LogP contribution in [0.2, 0.25) is 0 Å². The van der Waals surface area contributed by atoms with Gasteiger partial charge in [-0.25, -0.2) is 4.79 Å². The number of alkyl carbamates (subject to hydrolysis) is 1. The molecule has 1 heterocycles. The Labute approximate surface area is 143 Å². The van der Waals surface area contributed by atoms with E-state index in [2.05, 4.69) is 10.6 Å². The number of unbranched alkanes of at least 4 members (excludes halogenated alkanes) is 1. The molecule has 7 heteroatoms. The highest BCUT2D eigenvalue weighted by Crippen LogP contribution is 2.18. The Bertz CT molecular complexity index is 433. The van der Waals surface area contributed by atoms with Crippen LogP contribution in [0.5, 0.6) is 0 Å². The molecule has 1 aliphatic heterocycles. The first-order valence-corrected chi connectivity index (χ1v) is 8.54. The monoisotopic (exact) mass is 342 g/mol. The van der Waals surface area contributed by atoms with Gasteiger partial charge in [0.1, 0.15) is 17.9 Å². The summed E-state index contributed by atoms with van der Waals surface area (Å²) in [6.07, 6.45) is 5.18. The number of methoxy groups -OCH3 is 1. The molecule has 7 nitrogen and oxygen atoms in total. The molecule has 3 unspecified atom stereocenters. The fourth-order valence-corrected chi connectivity index (χ4v) is 2.76. The van der Waals surface area contributed by atoms with Gasteiger partial charge in [0.25, 0.3) is 0 Å². The number of hydrogen-bond donors (Lipinski definition) is 2. The van der Waals surface area contributed by atoms with Crippen LogP contribution in [0.25, 0.3) is 0 Å². The average Bonchev–Trinajstić information content (AvgIpc) is 2.96. The van der Waals surface area contributed by atoms with Crippen LogP contribution in [0.3, 0.4) is 0 Å². The Kier molecular flexibility index (Phi) is 8.18. The maximum atomic E-state index is 11.7. The van der Waals surface area contributed by atoms with Crippen molar-refractivity contribution in [3.63, 3.8) is 0 Å². The van der Waals surface area contributed by atoms with Crippen molar-refractivity contribution < 1.29 is 23.9 Å². The summed E-state index contributed by atoms with van der Waals surface area (Å²) < 4.78 is 9.87. The van der Waals surface area contributed by atoms with E-state index in [0.717, 1.165) is 38.4 Å². The number of amides is 1. The minimum Gasteiger partial charge on any atom is -0.468 e. The van der Waals surface area contributed by atoms with Gasteiger partial charge in [-0.15, -0.1) is 0 Å². The molecule has 138 valence electrons. The van der Waals surface area contributed by atoms with Crippen molar-refractivity contribution in [2.24, 2.45) is 0 Å². The third-order valence-corrected chi connectivity index (χ3v) is 3.91. The normalized spacial score (nSPS) is 21.8. The molecule has 0 saturated carbocycles. The van der Waals surface area contributed by atoms with E-state index in [1.54, 1.807) is 20.8 Å². The van der Waals surface area contributed by atoms with Crippen molar-refractivity contribution in [1.82, 2.24) is 10.6 Å². The molecule has 1 aliphatic rings. The SMILES string of the molecule is COC(=O)C1CCC(CCCCC(C=O)NC(=O)OC(C)(C)C)N1. The second-order valence-electron chi connectivity index (χ2n) is 7.19. The molecule has 2 N–H and O–H groups in total. The summed E-state index contributed by atoms with van der Waals surface area (Å²) in [5.41, 5.74) is -0.582. The Morgan fingerprint density at radius 1 is 1.29 bits per heavy atom. The van der Waals surface area contributed by atoms with Crippen LogP contribution in [-0.4, -0.2) is 49.2 Å². The fraction of sp³-hybridized carbons (Fsp3) is 0.824. The molecule has 1 amide bonds. The van der Waals surface area contributed by atoms with Crippen molar-refractivity contribution in [1.29, 1.82) is 0 Å². The fourth-order valence-electron chi connectivity index (χ4n) is 2.76. The van der Waals surface area contributed by atoms with Gasteiger partial charge in [-0.3, -0.25) is 4.79 Å². The summed E-state index contributed by atoms with van der Waals surface area (Å²) in [5, 5.41) is 5.84. The largest absolute Gasteiger partial charge is 0.468 e. The van der Waals surface area contributed by atoms with Gasteiger partial charge in [0.05, 0.1) is 13.2 Å². The van der Waals surface area contributed by atoms with Gasteiger partial charge in [0.15, 0.2) is 0 Å².